The Balaban J connectivity index is 2.20. The predicted molar refractivity (Wildman–Crippen MR) is 82.8 cm³/mol. The summed E-state index contributed by atoms with van der Waals surface area (Å²) in [7, 11) is 2.85. The van der Waals surface area contributed by atoms with Crippen molar-refractivity contribution < 1.29 is 19.2 Å². The summed E-state index contributed by atoms with van der Waals surface area (Å²) in [4.78, 5) is 30.8. The number of ether oxygens (including phenoxy) is 2. The van der Waals surface area contributed by atoms with E-state index >= 15 is 0 Å². The first-order chi connectivity index (χ1) is 11.1. The zero-order chi connectivity index (χ0) is 16.8. The molecule has 2 heterocycles. The van der Waals surface area contributed by atoms with E-state index in [1.807, 2.05) is 4.90 Å². The van der Waals surface area contributed by atoms with Crippen LogP contribution in [0.25, 0.3) is 0 Å². The molecular weight excluding hydrogens is 304 g/mol. The Hall–Kier alpha value is -2.26. The van der Waals surface area contributed by atoms with Gasteiger partial charge in [0.15, 0.2) is 0 Å². The third-order valence-corrected chi connectivity index (χ3v) is 3.78. The van der Waals surface area contributed by atoms with Crippen LogP contribution >= 0.6 is 0 Å². The first-order valence-corrected chi connectivity index (χ1v) is 7.26. The van der Waals surface area contributed by atoms with E-state index in [1.165, 1.54) is 19.4 Å². The second kappa shape index (κ2) is 7.84. The first kappa shape index (κ1) is 17.1. The molecule has 0 N–H and O–H groups in total. The molecule has 9 nitrogen and oxygen atoms in total. The lowest BCUT2D eigenvalue weighted by molar-refractivity contribution is -0.384. The van der Waals surface area contributed by atoms with Crippen molar-refractivity contribution in [3.05, 3.63) is 27.9 Å². The highest BCUT2D eigenvalue weighted by molar-refractivity contribution is 5.96. The molecule has 1 aliphatic heterocycles. The van der Waals surface area contributed by atoms with E-state index < -0.39 is 10.9 Å². The molecular formula is C14H20N4O5. The first-order valence-electron chi connectivity index (χ1n) is 7.26. The molecule has 0 radical (unpaired) electrons. The number of methoxy groups -OCH3 is 2. The van der Waals surface area contributed by atoms with Gasteiger partial charge in [-0.3, -0.25) is 15.0 Å². The monoisotopic (exact) mass is 324 g/mol. The maximum atomic E-state index is 11.7. The number of hydrogen-bond donors (Lipinski definition) is 0. The highest BCUT2D eigenvalue weighted by Crippen LogP contribution is 2.30. The van der Waals surface area contributed by atoms with Crippen LogP contribution in [0.15, 0.2) is 12.3 Å². The van der Waals surface area contributed by atoms with Crippen molar-refractivity contribution in [1.29, 1.82) is 0 Å². The number of esters is 1. The second-order valence-corrected chi connectivity index (χ2v) is 5.10. The molecule has 1 fully saturated rings. The Bertz CT molecular complexity index is 572. The summed E-state index contributed by atoms with van der Waals surface area (Å²) in [6.45, 7) is 4.18. The van der Waals surface area contributed by atoms with E-state index in [2.05, 4.69) is 14.6 Å². The maximum Gasteiger partial charge on any atom is 0.345 e. The van der Waals surface area contributed by atoms with Crippen molar-refractivity contribution >= 4 is 17.5 Å². The number of nitrogens with zero attached hydrogens (tertiary/aromatic N) is 4. The van der Waals surface area contributed by atoms with Crippen molar-refractivity contribution in [3.8, 4) is 0 Å². The van der Waals surface area contributed by atoms with Gasteiger partial charge in [-0.15, -0.1) is 0 Å². The normalized spacial score (nSPS) is 15.5. The van der Waals surface area contributed by atoms with E-state index in [-0.39, 0.29) is 17.1 Å². The van der Waals surface area contributed by atoms with Crippen LogP contribution in [0.5, 0.6) is 0 Å². The number of carbonyl (C=O) groups excluding carboxylic acids is 1. The lowest BCUT2D eigenvalue weighted by atomic mass is 10.2. The summed E-state index contributed by atoms with van der Waals surface area (Å²) < 4.78 is 9.67. The van der Waals surface area contributed by atoms with Crippen LogP contribution in [-0.4, -0.2) is 74.3 Å². The van der Waals surface area contributed by atoms with Gasteiger partial charge in [0.2, 0.25) is 5.82 Å². The zero-order valence-corrected chi connectivity index (χ0v) is 13.2. The van der Waals surface area contributed by atoms with Crippen LogP contribution in [0.1, 0.15) is 10.4 Å². The highest BCUT2D eigenvalue weighted by Gasteiger charge is 2.31. The molecule has 1 saturated heterocycles. The number of hydrogen-bond acceptors (Lipinski definition) is 8. The topological polar surface area (TPSA) is 98.0 Å². The molecule has 0 spiro atoms. The van der Waals surface area contributed by atoms with Crippen LogP contribution < -0.4 is 4.90 Å². The number of pyridine rings is 1. The van der Waals surface area contributed by atoms with Gasteiger partial charge in [-0.05, 0) is 6.07 Å². The largest absolute Gasteiger partial charge is 0.465 e. The van der Waals surface area contributed by atoms with Gasteiger partial charge in [0.1, 0.15) is 5.56 Å². The molecule has 0 bridgehead atoms. The number of aromatic nitrogens is 1. The van der Waals surface area contributed by atoms with Gasteiger partial charge in [-0.1, -0.05) is 0 Å². The summed E-state index contributed by atoms with van der Waals surface area (Å²) in [6, 6.07) is 1.31. The predicted octanol–water partition coefficient (Wildman–Crippen LogP) is 0.545. The smallest absolute Gasteiger partial charge is 0.345 e. The van der Waals surface area contributed by atoms with Crippen molar-refractivity contribution in [1.82, 2.24) is 9.88 Å². The van der Waals surface area contributed by atoms with Crippen molar-refractivity contribution in [2.24, 2.45) is 0 Å². The summed E-state index contributed by atoms with van der Waals surface area (Å²) in [5.41, 5.74) is -0.381. The fourth-order valence-electron chi connectivity index (χ4n) is 2.53. The van der Waals surface area contributed by atoms with E-state index in [0.717, 1.165) is 19.6 Å². The molecule has 0 aromatic carbocycles. The zero-order valence-electron chi connectivity index (χ0n) is 13.2. The van der Waals surface area contributed by atoms with Crippen molar-refractivity contribution in [2.45, 2.75) is 0 Å². The summed E-state index contributed by atoms with van der Waals surface area (Å²) in [6.07, 6.45) is 1.39. The minimum atomic E-state index is -0.737. The molecule has 23 heavy (non-hydrogen) atoms. The van der Waals surface area contributed by atoms with Crippen LogP contribution in [0.4, 0.5) is 11.5 Å². The lowest BCUT2D eigenvalue weighted by Crippen LogP contribution is -2.47. The van der Waals surface area contributed by atoms with Crippen LogP contribution in [0.3, 0.4) is 0 Å². The number of rotatable bonds is 6. The molecule has 9 heteroatoms. The van der Waals surface area contributed by atoms with E-state index in [4.69, 9.17) is 4.74 Å². The average Bonchev–Trinajstić information content (AvgIpc) is 2.58. The molecule has 1 aromatic heterocycles. The van der Waals surface area contributed by atoms with Crippen LogP contribution in [-0.2, 0) is 9.47 Å². The van der Waals surface area contributed by atoms with Gasteiger partial charge < -0.3 is 14.4 Å². The van der Waals surface area contributed by atoms with Gasteiger partial charge in [-0.2, -0.15) is 0 Å². The molecule has 1 aromatic rings. The molecule has 1 aliphatic rings. The fourth-order valence-corrected chi connectivity index (χ4v) is 2.53. The number of piperazine rings is 1. The lowest BCUT2D eigenvalue weighted by Gasteiger charge is -2.34. The number of nitro groups is 1. The van der Waals surface area contributed by atoms with Crippen molar-refractivity contribution in [2.75, 3.05) is 58.5 Å². The van der Waals surface area contributed by atoms with Gasteiger partial charge in [-0.25, -0.2) is 9.78 Å². The molecule has 0 unspecified atom stereocenters. The van der Waals surface area contributed by atoms with Gasteiger partial charge >= 0.3 is 11.7 Å². The number of carbonyl (C=O) groups is 1. The highest BCUT2D eigenvalue weighted by atomic mass is 16.6. The second-order valence-electron chi connectivity index (χ2n) is 5.10. The molecule has 0 saturated carbocycles. The SMILES string of the molecule is COCCN1CCN(c2nccc(C(=O)OC)c2[N+](=O)[O-])CC1. The van der Waals surface area contributed by atoms with E-state index in [0.29, 0.717) is 19.7 Å². The van der Waals surface area contributed by atoms with Gasteiger partial charge in [0.05, 0.1) is 18.6 Å². The van der Waals surface area contributed by atoms with E-state index in [9.17, 15) is 14.9 Å². The third kappa shape index (κ3) is 3.93. The summed E-state index contributed by atoms with van der Waals surface area (Å²) in [5.74, 6) is -0.525. The minimum absolute atomic E-state index is 0.0793. The Morgan fingerprint density at radius 2 is 2.04 bits per heavy atom. The molecule has 0 amide bonds. The standard InChI is InChI=1S/C14H20N4O5/c1-22-10-9-16-5-7-17(8-6-16)13-12(18(20)21)11(3-4-15-13)14(19)23-2/h3-4H,5-10H2,1-2H3. The molecule has 126 valence electrons. The average molecular weight is 324 g/mol. The van der Waals surface area contributed by atoms with Gasteiger partial charge in [0, 0.05) is 46.0 Å². The Kier molecular flexibility index (Phi) is 5.83. The Morgan fingerprint density at radius 3 is 2.61 bits per heavy atom. The summed E-state index contributed by atoms with van der Waals surface area (Å²) >= 11 is 0. The molecule has 0 atom stereocenters. The minimum Gasteiger partial charge on any atom is -0.465 e. The maximum absolute atomic E-state index is 11.7. The quantitative estimate of drug-likeness (QED) is 0.425. The summed E-state index contributed by atoms with van der Waals surface area (Å²) in [5, 5.41) is 11.4. The van der Waals surface area contributed by atoms with Crippen LogP contribution in [0.2, 0.25) is 0 Å². The van der Waals surface area contributed by atoms with E-state index in [1.54, 1.807) is 7.11 Å². The third-order valence-electron chi connectivity index (χ3n) is 3.78. The molecule has 2 rings (SSSR count). The Labute approximate surface area is 133 Å². The Morgan fingerprint density at radius 1 is 1.35 bits per heavy atom. The number of anilines is 1. The van der Waals surface area contributed by atoms with Gasteiger partial charge in [0.25, 0.3) is 0 Å². The van der Waals surface area contributed by atoms with Crippen LogP contribution in [0, 0.1) is 10.1 Å². The fraction of sp³-hybridized carbons (Fsp3) is 0.571. The van der Waals surface area contributed by atoms with Crippen molar-refractivity contribution in [3.63, 3.8) is 0 Å². The molecule has 0 aliphatic carbocycles.